The molecule has 1 amide bonds. The number of aryl methyl sites for hydroxylation is 1. The molecule has 170 valence electrons. The second kappa shape index (κ2) is 9.51. The number of benzene rings is 2. The summed E-state index contributed by atoms with van der Waals surface area (Å²) in [5.41, 5.74) is 0.891. The maximum absolute atomic E-state index is 13.2. The lowest BCUT2D eigenvalue weighted by atomic mass is 10.2. The molecule has 9 nitrogen and oxygen atoms in total. The first-order valence-corrected chi connectivity index (χ1v) is 10.2. The molecule has 0 atom stereocenters. The Balaban J connectivity index is 1.42. The summed E-state index contributed by atoms with van der Waals surface area (Å²) >= 11 is 0. The Morgan fingerprint density at radius 3 is 2.39 bits per heavy atom. The zero-order valence-electron chi connectivity index (χ0n) is 18.1. The van der Waals surface area contributed by atoms with Crippen LogP contribution < -0.4 is 20.3 Å². The van der Waals surface area contributed by atoms with Crippen LogP contribution in [-0.2, 0) is 11.2 Å². The maximum Gasteiger partial charge on any atom is 0.300 e. The first-order chi connectivity index (χ1) is 16.0. The highest BCUT2D eigenvalue weighted by molar-refractivity contribution is 5.91. The molecule has 0 aliphatic rings. The Bertz CT molecular complexity index is 1330. The fourth-order valence-electron chi connectivity index (χ4n) is 3.42. The molecule has 0 saturated heterocycles. The molecule has 33 heavy (non-hydrogen) atoms. The predicted octanol–water partition coefficient (Wildman–Crippen LogP) is 3.00. The van der Waals surface area contributed by atoms with Gasteiger partial charge in [-0.3, -0.25) is 18.6 Å². The number of hydrogen-bond acceptors (Lipinski definition) is 6. The van der Waals surface area contributed by atoms with Gasteiger partial charge in [-0.25, -0.2) is 4.39 Å². The van der Waals surface area contributed by atoms with Crippen LogP contribution in [0.5, 0.6) is 11.5 Å². The van der Waals surface area contributed by atoms with Crippen molar-refractivity contribution in [3.63, 3.8) is 0 Å². The van der Waals surface area contributed by atoms with Gasteiger partial charge in [0, 0.05) is 54.8 Å². The van der Waals surface area contributed by atoms with E-state index in [9.17, 15) is 14.0 Å². The summed E-state index contributed by atoms with van der Waals surface area (Å²) < 4.78 is 26.6. The first kappa shape index (κ1) is 22.0. The van der Waals surface area contributed by atoms with E-state index in [0.717, 1.165) is 0 Å². The zero-order chi connectivity index (χ0) is 23.4. The third kappa shape index (κ3) is 4.84. The van der Waals surface area contributed by atoms with Gasteiger partial charge in [-0.05, 0) is 30.7 Å². The van der Waals surface area contributed by atoms with Gasteiger partial charge >= 0.3 is 5.56 Å². The van der Waals surface area contributed by atoms with Gasteiger partial charge in [-0.15, -0.1) is 10.2 Å². The molecule has 0 unspecified atom stereocenters. The van der Waals surface area contributed by atoms with Crippen LogP contribution in [0.2, 0.25) is 0 Å². The summed E-state index contributed by atoms with van der Waals surface area (Å²) in [4.78, 5) is 25.1. The Morgan fingerprint density at radius 1 is 1.03 bits per heavy atom. The lowest BCUT2D eigenvalue weighted by Crippen LogP contribution is -2.20. The normalized spacial score (nSPS) is 10.9. The summed E-state index contributed by atoms with van der Waals surface area (Å²) in [5, 5.41) is 10.9. The SMILES string of the molecule is COc1cc(NC(=O)CCCc2nnc3c(=O)n(-c4ccc(F)cc4)ccn23)cc(OC)c1. The predicted molar refractivity (Wildman–Crippen MR) is 120 cm³/mol. The van der Waals surface area contributed by atoms with Crippen LogP contribution in [0.1, 0.15) is 18.7 Å². The maximum atomic E-state index is 13.2. The molecule has 0 bridgehead atoms. The Morgan fingerprint density at radius 2 is 1.73 bits per heavy atom. The van der Waals surface area contributed by atoms with Crippen LogP contribution in [0.15, 0.2) is 59.7 Å². The van der Waals surface area contributed by atoms with Crippen molar-refractivity contribution in [2.75, 3.05) is 19.5 Å². The van der Waals surface area contributed by atoms with Gasteiger partial charge < -0.3 is 14.8 Å². The van der Waals surface area contributed by atoms with E-state index in [-0.39, 0.29) is 29.4 Å². The third-order valence-electron chi connectivity index (χ3n) is 5.09. The number of nitrogens with zero attached hydrogens (tertiary/aromatic N) is 4. The number of halogens is 1. The second-order valence-electron chi connectivity index (χ2n) is 7.26. The van der Waals surface area contributed by atoms with Gasteiger partial charge in [-0.1, -0.05) is 0 Å². The third-order valence-corrected chi connectivity index (χ3v) is 5.09. The van der Waals surface area contributed by atoms with E-state index in [2.05, 4.69) is 15.5 Å². The molecular weight excluding hydrogens is 429 g/mol. The van der Waals surface area contributed by atoms with E-state index in [4.69, 9.17) is 9.47 Å². The quantitative estimate of drug-likeness (QED) is 0.442. The summed E-state index contributed by atoms with van der Waals surface area (Å²) in [5.74, 6) is 1.17. The average molecular weight is 451 g/mol. The van der Waals surface area contributed by atoms with E-state index in [1.807, 2.05) is 0 Å². The van der Waals surface area contributed by atoms with E-state index in [1.165, 1.54) is 43.1 Å². The van der Waals surface area contributed by atoms with Crippen molar-refractivity contribution in [3.05, 3.63) is 76.9 Å². The molecule has 2 aromatic carbocycles. The van der Waals surface area contributed by atoms with Crippen LogP contribution in [0, 0.1) is 5.82 Å². The number of aromatic nitrogens is 4. The van der Waals surface area contributed by atoms with Gasteiger partial charge in [0.2, 0.25) is 11.6 Å². The van der Waals surface area contributed by atoms with Gasteiger partial charge in [0.1, 0.15) is 23.1 Å². The molecule has 0 radical (unpaired) electrons. The molecular formula is C23H22FN5O4. The minimum Gasteiger partial charge on any atom is -0.497 e. The molecule has 0 saturated carbocycles. The van der Waals surface area contributed by atoms with Gasteiger partial charge in [-0.2, -0.15) is 0 Å². The highest BCUT2D eigenvalue weighted by Gasteiger charge is 2.13. The minimum absolute atomic E-state index is 0.157. The molecule has 2 heterocycles. The summed E-state index contributed by atoms with van der Waals surface area (Å²) in [7, 11) is 3.08. The standard InChI is InChI=1S/C23H22FN5O4/c1-32-18-12-16(13-19(14-18)33-2)25-21(30)5-3-4-20-26-27-22-23(31)28(10-11-29(20)22)17-8-6-15(24)7-9-17/h6-14H,3-5H2,1-2H3,(H,25,30). The molecule has 2 aromatic heterocycles. The topological polar surface area (TPSA) is 99.8 Å². The van der Waals surface area contributed by atoms with E-state index in [1.54, 1.807) is 35.0 Å². The van der Waals surface area contributed by atoms with Crippen molar-refractivity contribution in [2.45, 2.75) is 19.3 Å². The smallest absolute Gasteiger partial charge is 0.300 e. The minimum atomic E-state index is -0.382. The Hall–Kier alpha value is -4.21. The number of fused-ring (bicyclic) bond motifs is 1. The fraction of sp³-hybridized carbons (Fsp3) is 0.217. The first-order valence-electron chi connectivity index (χ1n) is 10.2. The highest BCUT2D eigenvalue weighted by Crippen LogP contribution is 2.26. The Kier molecular flexibility index (Phi) is 6.34. The second-order valence-corrected chi connectivity index (χ2v) is 7.26. The van der Waals surface area contributed by atoms with E-state index < -0.39 is 0 Å². The number of hydrogen-bond donors (Lipinski definition) is 1. The summed E-state index contributed by atoms with van der Waals surface area (Å²) in [6.07, 6.45) is 4.47. The zero-order valence-corrected chi connectivity index (χ0v) is 18.1. The van der Waals surface area contributed by atoms with E-state index >= 15 is 0 Å². The molecule has 0 aliphatic carbocycles. The van der Waals surface area contributed by atoms with Gasteiger partial charge in [0.05, 0.1) is 14.2 Å². The van der Waals surface area contributed by atoms with Crippen LogP contribution in [0.4, 0.5) is 10.1 Å². The number of ether oxygens (including phenoxy) is 2. The molecule has 0 aliphatic heterocycles. The number of rotatable bonds is 8. The summed E-state index contributed by atoms with van der Waals surface area (Å²) in [6, 6.07) is 10.7. The van der Waals surface area contributed by atoms with E-state index in [0.29, 0.717) is 41.5 Å². The van der Waals surface area contributed by atoms with Crippen molar-refractivity contribution in [1.82, 2.24) is 19.2 Å². The van der Waals surface area contributed by atoms with Crippen LogP contribution in [-0.4, -0.2) is 39.3 Å². The molecule has 4 rings (SSSR count). The number of carbonyl (C=O) groups excluding carboxylic acids is 1. The fourth-order valence-corrected chi connectivity index (χ4v) is 3.42. The van der Waals surface area contributed by atoms with Crippen LogP contribution in [0.25, 0.3) is 11.3 Å². The lowest BCUT2D eigenvalue weighted by molar-refractivity contribution is -0.116. The Labute approximate surface area is 188 Å². The van der Waals surface area contributed by atoms with Crippen molar-refractivity contribution >= 4 is 17.2 Å². The highest BCUT2D eigenvalue weighted by atomic mass is 19.1. The number of anilines is 1. The van der Waals surface area contributed by atoms with Crippen molar-refractivity contribution in [2.24, 2.45) is 0 Å². The van der Waals surface area contributed by atoms with Crippen LogP contribution >= 0.6 is 0 Å². The van der Waals surface area contributed by atoms with Crippen molar-refractivity contribution < 1.29 is 18.7 Å². The van der Waals surface area contributed by atoms with Crippen molar-refractivity contribution in [3.8, 4) is 17.2 Å². The largest absolute Gasteiger partial charge is 0.497 e. The number of nitrogens with one attached hydrogen (secondary N) is 1. The number of methoxy groups -OCH3 is 2. The monoisotopic (exact) mass is 451 g/mol. The average Bonchev–Trinajstić information content (AvgIpc) is 3.23. The molecule has 1 N–H and O–H groups in total. The van der Waals surface area contributed by atoms with Crippen molar-refractivity contribution in [1.29, 1.82) is 0 Å². The number of carbonyl (C=O) groups is 1. The molecule has 0 fully saturated rings. The molecule has 10 heteroatoms. The van der Waals surface area contributed by atoms with Gasteiger partial charge in [0.15, 0.2) is 0 Å². The lowest BCUT2D eigenvalue weighted by Gasteiger charge is -2.10. The van der Waals surface area contributed by atoms with Gasteiger partial charge in [0.25, 0.3) is 0 Å². The summed E-state index contributed by atoms with van der Waals surface area (Å²) in [6.45, 7) is 0. The molecule has 4 aromatic rings. The number of amides is 1. The molecule has 0 spiro atoms. The van der Waals surface area contributed by atoms with Crippen LogP contribution in [0.3, 0.4) is 0 Å².